The van der Waals surface area contributed by atoms with Crippen molar-refractivity contribution < 1.29 is 4.79 Å². The number of aromatic nitrogens is 1. The molecule has 0 aliphatic carbocycles. The number of aryl methyl sites for hydroxylation is 1. The Labute approximate surface area is 161 Å². The van der Waals surface area contributed by atoms with Gasteiger partial charge in [-0.2, -0.15) is 0 Å². The van der Waals surface area contributed by atoms with Crippen LogP contribution < -0.4 is 5.32 Å². The summed E-state index contributed by atoms with van der Waals surface area (Å²) >= 11 is 3.41. The first kappa shape index (κ1) is 17.4. The van der Waals surface area contributed by atoms with E-state index in [0.29, 0.717) is 12.6 Å². The highest BCUT2D eigenvalue weighted by Crippen LogP contribution is 2.34. The van der Waals surface area contributed by atoms with Crippen LogP contribution in [0, 0.1) is 6.92 Å². The number of anilines is 1. The summed E-state index contributed by atoms with van der Waals surface area (Å²) in [6.45, 7) is 3.41. The van der Waals surface area contributed by atoms with Gasteiger partial charge in [-0.25, -0.2) is 4.98 Å². The molecule has 1 aliphatic heterocycles. The largest absolute Gasteiger partial charge is 0.325 e. The summed E-state index contributed by atoms with van der Waals surface area (Å²) in [7, 11) is 0. The van der Waals surface area contributed by atoms with Crippen molar-refractivity contribution >= 4 is 34.3 Å². The van der Waals surface area contributed by atoms with E-state index in [2.05, 4.69) is 32.7 Å². The molecular weight excluding hydrogens is 362 g/mol. The molecule has 26 heavy (non-hydrogen) atoms. The predicted octanol–water partition coefficient (Wildman–Crippen LogP) is 4.96. The maximum atomic E-state index is 12.6. The van der Waals surface area contributed by atoms with Crippen LogP contribution in [-0.4, -0.2) is 28.9 Å². The van der Waals surface area contributed by atoms with Gasteiger partial charge < -0.3 is 5.32 Å². The van der Waals surface area contributed by atoms with Crippen molar-refractivity contribution in [3.63, 3.8) is 0 Å². The van der Waals surface area contributed by atoms with Gasteiger partial charge in [0.15, 0.2) is 0 Å². The minimum absolute atomic E-state index is 0.0417. The van der Waals surface area contributed by atoms with E-state index in [-0.39, 0.29) is 5.91 Å². The second-order valence-electron chi connectivity index (χ2n) is 6.52. The third-order valence-corrected chi connectivity index (χ3v) is 6.39. The second-order valence-corrected chi connectivity index (χ2v) is 8.57. The molecule has 1 atom stereocenters. The number of thiophene rings is 1. The Kier molecular flexibility index (Phi) is 5.15. The van der Waals surface area contributed by atoms with Gasteiger partial charge in [0.1, 0.15) is 0 Å². The SMILES string of the molecule is Cc1nc(-c2cccc(NC(=O)CN3CCC[C@H]3c3cccs3)c2)cs1. The zero-order valence-corrected chi connectivity index (χ0v) is 16.3. The summed E-state index contributed by atoms with van der Waals surface area (Å²) in [4.78, 5) is 20.7. The molecule has 3 aromatic rings. The molecule has 0 saturated carbocycles. The second kappa shape index (κ2) is 7.70. The van der Waals surface area contributed by atoms with Gasteiger partial charge in [-0.3, -0.25) is 9.69 Å². The van der Waals surface area contributed by atoms with Crippen LogP contribution in [0.2, 0.25) is 0 Å². The van der Waals surface area contributed by atoms with E-state index in [9.17, 15) is 4.79 Å². The monoisotopic (exact) mass is 383 g/mol. The van der Waals surface area contributed by atoms with Crippen molar-refractivity contribution in [2.75, 3.05) is 18.4 Å². The Balaban J connectivity index is 1.42. The van der Waals surface area contributed by atoms with Crippen molar-refractivity contribution in [1.29, 1.82) is 0 Å². The minimum Gasteiger partial charge on any atom is -0.325 e. The molecule has 1 fully saturated rings. The standard InChI is InChI=1S/C20H21N3OS2/c1-14-21-17(13-26-14)15-5-2-6-16(11-15)22-20(24)12-23-9-3-7-18(23)19-8-4-10-25-19/h2,4-6,8,10-11,13,18H,3,7,9,12H2,1H3,(H,22,24)/t18-/m0/s1. The van der Waals surface area contributed by atoms with Gasteiger partial charge >= 0.3 is 0 Å². The van der Waals surface area contributed by atoms with Crippen LogP contribution in [0.3, 0.4) is 0 Å². The summed E-state index contributed by atoms with van der Waals surface area (Å²) in [5.41, 5.74) is 2.82. The van der Waals surface area contributed by atoms with Crippen LogP contribution in [0.5, 0.6) is 0 Å². The average molecular weight is 384 g/mol. The van der Waals surface area contributed by atoms with Gasteiger partial charge in [0, 0.05) is 27.5 Å². The molecule has 134 valence electrons. The fourth-order valence-electron chi connectivity index (χ4n) is 3.46. The minimum atomic E-state index is 0.0417. The Morgan fingerprint density at radius 1 is 1.31 bits per heavy atom. The number of amides is 1. The molecule has 6 heteroatoms. The van der Waals surface area contributed by atoms with Gasteiger partial charge in [-0.05, 0) is 49.9 Å². The molecular formula is C20H21N3OS2. The van der Waals surface area contributed by atoms with E-state index in [1.165, 1.54) is 4.88 Å². The van der Waals surface area contributed by atoms with Crippen molar-refractivity contribution in [3.05, 3.63) is 57.0 Å². The molecule has 3 heterocycles. The van der Waals surface area contributed by atoms with E-state index in [1.807, 2.05) is 36.6 Å². The van der Waals surface area contributed by atoms with E-state index >= 15 is 0 Å². The van der Waals surface area contributed by atoms with Gasteiger partial charge in [0.05, 0.1) is 17.2 Å². The number of benzene rings is 1. The number of rotatable bonds is 5. The number of nitrogens with one attached hydrogen (secondary N) is 1. The lowest BCUT2D eigenvalue weighted by Crippen LogP contribution is -2.32. The Hall–Kier alpha value is -2.02. The maximum absolute atomic E-state index is 12.6. The van der Waals surface area contributed by atoms with Crippen LogP contribution in [0.1, 0.15) is 28.8 Å². The highest BCUT2D eigenvalue weighted by Gasteiger charge is 2.28. The molecule has 4 nitrogen and oxygen atoms in total. The number of carbonyl (C=O) groups is 1. The van der Waals surface area contributed by atoms with Crippen LogP contribution in [-0.2, 0) is 4.79 Å². The first-order chi connectivity index (χ1) is 12.7. The normalized spacial score (nSPS) is 17.5. The molecule has 0 radical (unpaired) electrons. The fourth-order valence-corrected chi connectivity index (χ4v) is 4.97. The quantitative estimate of drug-likeness (QED) is 0.678. The number of nitrogens with zero attached hydrogens (tertiary/aromatic N) is 2. The lowest BCUT2D eigenvalue weighted by atomic mass is 10.1. The highest BCUT2D eigenvalue weighted by molar-refractivity contribution is 7.10. The molecule has 0 spiro atoms. The van der Waals surface area contributed by atoms with Gasteiger partial charge in [-0.15, -0.1) is 22.7 Å². The summed E-state index contributed by atoms with van der Waals surface area (Å²) in [5.74, 6) is 0.0417. The first-order valence-corrected chi connectivity index (χ1v) is 10.5. The van der Waals surface area contributed by atoms with Crippen LogP contribution >= 0.6 is 22.7 Å². The lowest BCUT2D eigenvalue weighted by molar-refractivity contribution is -0.117. The fraction of sp³-hybridized carbons (Fsp3) is 0.300. The van der Waals surface area contributed by atoms with Crippen LogP contribution in [0.25, 0.3) is 11.3 Å². The van der Waals surface area contributed by atoms with Crippen LogP contribution in [0.15, 0.2) is 47.2 Å². The molecule has 1 aliphatic rings. The predicted molar refractivity (Wildman–Crippen MR) is 109 cm³/mol. The molecule has 1 aromatic carbocycles. The van der Waals surface area contributed by atoms with Crippen molar-refractivity contribution in [3.8, 4) is 11.3 Å². The third-order valence-electron chi connectivity index (χ3n) is 4.64. The van der Waals surface area contributed by atoms with E-state index in [1.54, 1.807) is 22.7 Å². The number of carbonyl (C=O) groups excluding carboxylic acids is 1. The van der Waals surface area contributed by atoms with Gasteiger partial charge in [-0.1, -0.05) is 18.2 Å². The molecule has 0 bridgehead atoms. The number of likely N-dealkylation sites (tertiary alicyclic amines) is 1. The number of hydrogen-bond donors (Lipinski definition) is 1. The number of hydrogen-bond acceptors (Lipinski definition) is 5. The Morgan fingerprint density at radius 3 is 3.00 bits per heavy atom. The van der Waals surface area contributed by atoms with E-state index in [4.69, 9.17) is 0 Å². The molecule has 1 saturated heterocycles. The topological polar surface area (TPSA) is 45.2 Å². The molecule has 1 N–H and O–H groups in total. The Morgan fingerprint density at radius 2 is 2.23 bits per heavy atom. The molecule has 0 unspecified atom stereocenters. The summed E-state index contributed by atoms with van der Waals surface area (Å²) in [5, 5.41) is 8.25. The third kappa shape index (κ3) is 3.87. The summed E-state index contributed by atoms with van der Waals surface area (Å²) < 4.78 is 0. The molecule has 4 rings (SSSR count). The first-order valence-electron chi connectivity index (χ1n) is 8.79. The van der Waals surface area contributed by atoms with Gasteiger partial charge in [0.25, 0.3) is 0 Å². The zero-order chi connectivity index (χ0) is 17.9. The average Bonchev–Trinajstić information content (AvgIpc) is 3.36. The van der Waals surface area contributed by atoms with Crippen molar-refractivity contribution in [1.82, 2.24) is 9.88 Å². The van der Waals surface area contributed by atoms with Crippen molar-refractivity contribution in [2.45, 2.75) is 25.8 Å². The smallest absolute Gasteiger partial charge is 0.238 e. The molecule has 2 aromatic heterocycles. The van der Waals surface area contributed by atoms with E-state index < -0.39 is 0 Å². The molecule has 1 amide bonds. The maximum Gasteiger partial charge on any atom is 0.238 e. The van der Waals surface area contributed by atoms with E-state index in [0.717, 1.165) is 41.3 Å². The highest BCUT2D eigenvalue weighted by atomic mass is 32.1. The zero-order valence-electron chi connectivity index (χ0n) is 14.6. The lowest BCUT2D eigenvalue weighted by Gasteiger charge is -2.22. The Bertz CT molecular complexity index is 888. The summed E-state index contributed by atoms with van der Waals surface area (Å²) in [6, 6.07) is 12.5. The van der Waals surface area contributed by atoms with Crippen LogP contribution in [0.4, 0.5) is 5.69 Å². The summed E-state index contributed by atoms with van der Waals surface area (Å²) in [6.07, 6.45) is 2.28. The van der Waals surface area contributed by atoms with Crippen molar-refractivity contribution in [2.24, 2.45) is 0 Å². The van der Waals surface area contributed by atoms with Gasteiger partial charge in [0.2, 0.25) is 5.91 Å². The number of thiazole rings is 1.